The van der Waals surface area contributed by atoms with Crippen LogP contribution >= 0.6 is 23.2 Å². The molecule has 0 aliphatic carbocycles. The average molecular weight is 135 g/mol. The molecule has 0 N–H and O–H groups in total. The Kier molecular flexibility index (Phi) is 1.90. The lowest BCUT2D eigenvalue weighted by Crippen LogP contribution is -2.02. The van der Waals surface area contributed by atoms with Crippen molar-refractivity contribution in [2.45, 2.75) is 4.33 Å². The molecule has 0 bridgehead atoms. The van der Waals surface area contributed by atoms with E-state index < -0.39 is 4.33 Å². The quantitative estimate of drug-likeness (QED) is 0.468. The second kappa shape index (κ2) is 2.02. The van der Waals surface area contributed by atoms with Crippen LogP contribution in [0, 0.1) is 22.7 Å². The van der Waals surface area contributed by atoms with Crippen molar-refractivity contribution in [1.29, 1.82) is 10.5 Å². The van der Waals surface area contributed by atoms with Crippen LogP contribution in [0.25, 0.3) is 0 Å². The zero-order valence-corrected chi connectivity index (χ0v) is 4.66. The fraction of sp³-hybridized carbons (Fsp3) is 0.333. The van der Waals surface area contributed by atoms with Crippen molar-refractivity contribution in [1.82, 2.24) is 0 Å². The summed E-state index contributed by atoms with van der Waals surface area (Å²) in [5.41, 5.74) is 0. The number of nitriles is 2. The van der Waals surface area contributed by atoms with Gasteiger partial charge < -0.3 is 0 Å². The van der Waals surface area contributed by atoms with Gasteiger partial charge in [-0.3, -0.25) is 0 Å². The second-order valence-electron chi connectivity index (χ2n) is 0.798. The van der Waals surface area contributed by atoms with Gasteiger partial charge in [-0.05, 0) is 0 Å². The first kappa shape index (κ1) is 6.56. The van der Waals surface area contributed by atoms with Crippen molar-refractivity contribution in [3.63, 3.8) is 0 Å². The summed E-state index contributed by atoms with van der Waals surface area (Å²) < 4.78 is -1.86. The summed E-state index contributed by atoms with van der Waals surface area (Å²) >= 11 is 9.90. The molecule has 0 rings (SSSR count). The van der Waals surface area contributed by atoms with Crippen LogP contribution in [0.15, 0.2) is 0 Å². The topological polar surface area (TPSA) is 47.6 Å². The molecular weight excluding hydrogens is 135 g/mol. The molecule has 2 nitrogen and oxygen atoms in total. The van der Waals surface area contributed by atoms with Gasteiger partial charge >= 0.3 is 0 Å². The summed E-state index contributed by atoms with van der Waals surface area (Å²) in [5.74, 6) is 0. The molecule has 0 atom stereocenters. The molecule has 4 heteroatoms. The molecule has 0 saturated heterocycles. The van der Waals surface area contributed by atoms with Gasteiger partial charge in [0.25, 0.3) is 4.33 Å². The first-order valence-electron chi connectivity index (χ1n) is 1.33. The van der Waals surface area contributed by atoms with Gasteiger partial charge in [0, 0.05) is 0 Å². The molecule has 0 fully saturated rings. The third-order valence-electron chi connectivity index (χ3n) is 0.281. The van der Waals surface area contributed by atoms with Gasteiger partial charge in [0.05, 0.1) is 0 Å². The summed E-state index contributed by atoms with van der Waals surface area (Å²) in [6.07, 6.45) is 0. The average Bonchev–Trinajstić information content (AvgIpc) is 1.68. The first-order chi connectivity index (χ1) is 3.12. The standard InChI is InChI=1S/C3Cl2N2/c4-3(5,1-6)2-7. The van der Waals surface area contributed by atoms with Crippen molar-refractivity contribution in [2.24, 2.45) is 0 Å². The minimum Gasteiger partial charge on any atom is -0.194 e. The minimum atomic E-state index is -1.86. The first-order valence-corrected chi connectivity index (χ1v) is 2.08. The lowest BCUT2D eigenvalue weighted by atomic mass is 10.5. The van der Waals surface area contributed by atoms with Gasteiger partial charge in [-0.25, -0.2) is 0 Å². The Morgan fingerprint density at radius 3 is 1.43 bits per heavy atom. The summed E-state index contributed by atoms with van der Waals surface area (Å²) in [4.78, 5) is 0. The van der Waals surface area contributed by atoms with Crippen molar-refractivity contribution in [2.75, 3.05) is 0 Å². The SMILES string of the molecule is N#CC(Cl)(Cl)C#N. The predicted molar refractivity (Wildman–Crippen MR) is 25.7 cm³/mol. The smallest absolute Gasteiger partial charge is 0.194 e. The van der Waals surface area contributed by atoms with Crippen LogP contribution in [0.1, 0.15) is 0 Å². The van der Waals surface area contributed by atoms with E-state index in [1.807, 2.05) is 0 Å². The van der Waals surface area contributed by atoms with E-state index in [1.54, 1.807) is 0 Å². The van der Waals surface area contributed by atoms with E-state index in [0.29, 0.717) is 0 Å². The van der Waals surface area contributed by atoms with Gasteiger partial charge in [-0.1, -0.05) is 23.2 Å². The molecule has 0 heterocycles. The minimum absolute atomic E-state index is 1.36. The Labute approximate surface area is 50.9 Å². The predicted octanol–water partition coefficient (Wildman–Crippen LogP) is 1.21. The van der Waals surface area contributed by atoms with Crippen LogP contribution in [-0.2, 0) is 0 Å². The Morgan fingerprint density at radius 2 is 1.43 bits per heavy atom. The van der Waals surface area contributed by atoms with Crippen LogP contribution in [0.3, 0.4) is 0 Å². The number of hydrogen-bond donors (Lipinski definition) is 0. The molecule has 0 aromatic carbocycles. The Hall–Kier alpha value is -0.440. The molecule has 0 saturated carbocycles. The normalized spacial score (nSPS) is 9.14. The highest BCUT2D eigenvalue weighted by molar-refractivity contribution is 6.52. The van der Waals surface area contributed by atoms with E-state index in [9.17, 15) is 0 Å². The number of rotatable bonds is 0. The van der Waals surface area contributed by atoms with Crippen LogP contribution in [0.4, 0.5) is 0 Å². The van der Waals surface area contributed by atoms with Crippen LogP contribution in [0.2, 0.25) is 0 Å². The Bertz CT molecular complexity index is 122. The number of nitrogens with zero attached hydrogens (tertiary/aromatic N) is 2. The van der Waals surface area contributed by atoms with Crippen LogP contribution in [-0.4, -0.2) is 4.33 Å². The molecule has 7 heavy (non-hydrogen) atoms. The largest absolute Gasteiger partial charge is 0.289 e. The summed E-state index contributed by atoms with van der Waals surface area (Å²) in [7, 11) is 0. The molecule has 0 aliphatic heterocycles. The molecule has 0 amide bonds. The summed E-state index contributed by atoms with van der Waals surface area (Å²) in [5, 5.41) is 15.7. The molecule has 0 spiro atoms. The maximum atomic E-state index is 7.86. The van der Waals surface area contributed by atoms with Gasteiger partial charge in [0.1, 0.15) is 12.1 Å². The van der Waals surface area contributed by atoms with E-state index in [4.69, 9.17) is 33.7 Å². The second-order valence-corrected chi connectivity index (χ2v) is 2.13. The molecular formula is C3Cl2N2. The third-order valence-corrected chi connectivity index (χ3v) is 0.619. The van der Waals surface area contributed by atoms with Gasteiger partial charge in [-0.15, -0.1) is 0 Å². The van der Waals surface area contributed by atoms with Gasteiger partial charge in [-0.2, -0.15) is 10.5 Å². The van der Waals surface area contributed by atoms with E-state index >= 15 is 0 Å². The molecule has 0 aromatic heterocycles. The van der Waals surface area contributed by atoms with E-state index in [2.05, 4.69) is 0 Å². The highest BCUT2D eigenvalue weighted by Gasteiger charge is 2.20. The molecule has 36 valence electrons. The Morgan fingerprint density at radius 1 is 1.14 bits per heavy atom. The fourth-order valence-corrected chi connectivity index (χ4v) is 0.0250. The van der Waals surface area contributed by atoms with E-state index in [-0.39, 0.29) is 0 Å². The lowest BCUT2D eigenvalue weighted by Gasteiger charge is -1.90. The van der Waals surface area contributed by atoms with Crippen molar-refractivity contribution in [3.8, 4) is 12.1 Å². The van der Waals surface area contributed by atoms with E-state index in [0.717, 1.165) is 0 Å². The zero-order valence-electron chi connectivity index (χ0n) is 3.15. The molecule has 0 aliphatic rings. The number of hydrogen-bond acceptors (Lipinski definition) is 2. The molecule has 0 unspecified atom stereocenters. The van der Waals surface area contributed by atoms with Crippen molar-refractivity contribution in [3.05, 3.63) is 0 Å². The Balaban J connectivity index is 4.00. The van der Waals surface area contributed by atoms with Crippen molar-refractivity contribution >= 4 is 23.2 Å². The van der Waals surface area contributed by atoms with Gasteiger partial charge in [0.2, 0.25) is 0 Å². The maximum absolute atomic E-state index is 7.86. The summed E-state index contributed by atoms with van der Waals surface area (Å²) in [6.45, 7) is 0. The fourth-order valence-electron chi connectivity index (χ4n) is 0.0250. The molecule has 0 radical (unpaired) electrons. The monoisotopic (exact) mass is 134 g/mol. The lowest BCUT2D eigenvalue weighted by molar-refractivity contribution is 1.26. The number of alkyl halides is 2. The summed E-state index contributed by atoms with van der Waals surface area (Å²) in [6, 6.07) is 2.72. The number of halogens is 2. The van der Waals surface area contributed by atoms with Crippen molar-refractivity contribution < 1.29 is 0 Å². The zero-order chi connectivity index (χ0) is 5.91. The highest BCUT2D eigenvalue weighted by Crippen LogP contribution is 2.16. The maximum Gasteiger partial charge on any atom is 0.289 e. The molecule has 0 aromatic rings. The van der Waals surface area contributed by atoms with Crippen LogP contribution in [0.5, 0.6) is 0 Å². The third kappa shape index (κ3) is 2.28. The highest BCUT2D eigenvalue weighted by atomic mass is 35.5. The van der Waals surface area contributed by atoms with Gasteiger partial charge in [0.15, 0.2) is 0 Å². The van der Waals surface area contributed by atoms with E-state index in [1.165, 1.54) is 12.1 Å². The van der Waals surface area contributed by atoms with Crippen LogP contribution < -0.4 is 0 Å².